The fourth-order valence-electron chi connectivity index (χ4n) is 1.60. The van der Waals surface area contributed by atoms with Crippen LogP contribution in [0.2, 0.25) is 0 Å². The average Bonchev–Trinajstić information content (AvgIpc) is 2.51. The third-order valence-electron chi connectivity index (χ3n) is 2.62. The van der Waals surface area contributed by atoms with Gasteiger partial charge in [-0.25, -0.2) is 9.97 Å². The molecule has 0 bridgehead atoms. The van der Waals surface area contributed by atoms with Crippen LogP contribution < -0.4 is 21.3 Å². The molecule has 2 rings (SSSR count). The number of rotatable bonds is 4. The SMILES string of the molecule is Cc1cccc(OCC(=O)NNC(=O)c2nccnc2N)c1. The molecule has 0 unspecified atom stereocenters. The minimum Gasteiger partial charge on any atom is -0.484 e. The summed E-state index contributed by atoms with van der Waals surface area (Å²) in [6, 6.07) is 7.27. The number of anilines is 1. The number of nitrogens with zero attached hydrogens (tertiary/aromatic N) is 2. The van der Waals surface area contributed by atoms with Gasteiger partial charge >= 0.3 is 0 Å². The Kier molecular flexibility index (Phi) is 4.86. The fraction of sp³-hybridized carbons (Fsp3) is 0.143. The summed E-state index contributed by atoms with van der Waals surface area (Å²) >= 11 is 0. The summed E-state index contributed by atoms with van der Waals surface area (Å²) < 4.78 is 5.29. The maximum atomic E-state index is 11.7. The Morgan fingerprint density at radius 3 is 2.73 bits per heavy atom. The number of amides is 2. The number of nitrogens with two attached hydrogens (primary N) is 1. The van der Waals surface area contributed by atoms with Crippen LogP contribution in [-0.2, 0) is 4.79 Å². The zero-order valence-electron chi connectivity index (χ0n) is 11.9. The van der Waals surface area contributed by atoms with Gasteiger partial charge in [0.05, 0.1) is 0 Å². The molecule has 8 nitrogen and oxygen atoms in total. The molecule has 0 aliphatic carbocycles. The van der Waals surface area contributed by atoms with Crippen molar-refractivity contribution in [2.24, 2.45) is 0 Å². The molecule has 0 aliphatic rings. The van der Waals surface area contributed by atoms with Gasteiger partial charge in [-0.3, -0.25) is 20.4 Å². The molecule has 1 aromatic heterocycles. The number of hydrogen-bond acceptors (Lipinski definition) is 6. The van der Waals surface area contributed by atoms with Crippen molar-refractivity contribution in [2.45, 2.75) is 6.92 Å². The topological polar surface area (TPSA) is 119 Å². The number of nitrogens with one attached hydrogen (secondary N) is 2. The van der Waals surface area contributed by atoms with Gasteiger partial charge in [-0.15, -0.1) is 0 Å². The molecule has 114 valence electrons. The van der Waals surface area contributed by atoms with Crippen LogP contribution in [0.4, 0.5) is 5.82 Å². The lowest BCUT2D eigenvalue weighted by molar-refractivity contribution is -0.123. The van der Waals surface area contributed by atoms with Crippen molar-refractivity contribution < 1.29 is 14.3 Å². The Morgan fingerprint density at radius 2 is 2.00 bits per heavy atom. The Bertz CT molecular complexity index is 690. The Hall–Kier alpha value is -3.16. The molecule has 0 radical (unpaired) electrons. The van der Waals surface area contributed by atoms with Crippen LogP contribution in [0.15, 0.2) is 36.7 Å². The Morgan fingerprint density at radius 1 is 1.23 bits per heavy atom. The van der Waals surface area contributed by atoms with Gasteiger partial charge in [-0.1, -0.05) is 12.1 Å². The van der Waals surface area contributed by atoms with Crippen molar-refractivity contribution in [1.29, 1.82) is 0 Å². The van der Waals surface area contributed by atoms with Gasteiger partial charge in [0.15, 0.2) is 18.1 Å². The first-order valence-electron chi connectivity index (χ1n) is 6.41. The molecule has 0 saturated carbocycles. The summed E-state index contributed by atoms with van der Waals surface area (Å²) in [5.74, 6) is -0.628. The van der Waals surface area contributed by atoms with E-state index in [0.717, 1.165) is 5.56 Å². The van der Waals surface area contributed by atoms with E-state index in [1.165, 1.54) is 12.4 Å². The van der Waals surface area contributed by atoms with Crippen LogP contribution in [0.3, 0.4) is 0 Å². The monoisotopic (exact) mass is 301 g/mol. The maximum absolute atomic E-state index is 11.7. The first-order valence-corrected chi connectivity index (χ1v) is 6.41. The van der Waals surface area contributed by atoms with Crippen LogP contribution in [0.1, 0.15) is 16.1 Å². The van der Waals surface area contributed by atoms with Crippen molar-refractivity contribution in [1.82, 2.24) is 20.8 Å². The summed E-state index contributed by atoms with van der Waals surface area (Å²) in [6.45, 7) is 1.68. The van der Waals surface area contributed by atoms with E-state index < -0.39 is 11.8 Å². The highest BCUT2D eigenvalue weighted by molar-refractivity contribution is 5.97. The number of aromatic nitrogens is 2. The number of aryl methyl sites for hydroxylation is 1. The molecule has 22 heavy (non-hydrogen) atoms. The van der Waals surface area contributed by atoms with E-state index in [2.05, 4.69) is 20.8 Å². The molecule has 0 aliphatic heterocycles. The summed E-state index contributed by atoms with van der Waals surface area (Å²) in [5, 5.41) is 0. The highest BCUT2D eigenvalue weighted by Crippen LogP contribution is 2.11. The van der Waals surface area contributed by atoms with Crippen molar-refractivity contribution in [2.75, 3.05) is 12.3 Å². The average molecular weight is 301 g/mol. The van der Waals surface area contributed by atoms with Crippen LogP contribution in [0, 0.1) is 6.92 Å². The Labute approximate surface area is 126 Å². The minimum atomic E-state index is -0.658. The molecule has 2 aromatic rings. The minimum absolute atomic E-state index is 0.0229. The number of benzene rings is 1. The standard InChI is InChI=1S/C14H15N5O3/c1-9-3-2-4-10(7-9)22-8-11(20)18-19-14(21)12-13(15)17-6-5-16-12/h2-7H,8H2,1H3,(H2,15,17)(H,18,20)(H,19,21). The first-order chi connectivity index (χ1) is 10.6. The molecule has 4 N–H and O–H groups in total. The highest BCUT2D eigenvalue weighted by Gasteiger charge is 2.12. The van der Waals surface area contributed by atoms with Crippen LogP contribution in [0.5, 0.6) is 5.75 Å². The van der Waals surface area contributed by atoms with Crippen molar-refractivity contribution in [3.8, 4) is 5.75 Å². The smallest absolute Gasteiger partial charge is 0.292 e. The Balaban J connectivity index is 1.81. The van der Waals surface area contributed by atoms with Gasteiger partial charge in [-0.2, -0.15) is 0 Å². The van der Waals surface area contributed by atoms with E-state index in [1.807, 2.05) is 19.1 Å². The van der Waals surface area contributed by atoms with Crippen molar-refractivity contribution >= 4 is 17.6 Å². The van der Waals surface area contributed by atoms with Gasteiger partial charge in [0.25, 0.3) is 11.8 Å². The summed E-state index contributed by atoms with van der Waals surface area (Å²) in [7, 11) is 0. The first kappa shape index (κ1) is 15.2. The highest BCUT2D eigenvalue weighted by atomic mass is 16.5. The fourth-order valence-corrected chi connectivity index (χ4v) is 1.60. The molecular formula is C14H15N5O3. The second kappa shape index (κ2) is 7.02. The van der Waals surface area contributed by atoms with E-state index in [9.17, 15) is 9.59 Å². The molecule has 0 fully saturated rings. The summed E-state index contributed by atoms with van der Waals surface area (Å²) in [4.78, 5) is 30.8. The van der Waals surface area contributed by atoms with E-state index >= 15 is 0 Å². The number of hydrazine groups is 1. The molecule has 1 heterocycles. The third kappa shape index (κ3) is 4.17. The lowest BCUT2D eigenvalue weighted by Crippen LogP contribution is -2.44. The molecule has 1 aromatic carbocycles. The van der Waals surface area contributed by atoms with Gasteiger partial charge < -0.3 is 10.5 Å². The second-order valence-electron chi connectivity index (χ2n) is 4.40. The second-order valence-corrected chi connectivity index (χ2v) is 4.40. The molecular weight excluding hydrogens is 286 g/mol. The largest absolute Gasteiger partial charge is 0.484 e. The predicted molar refractivity (Wildman–Crippen MR) is 78.7 cm³/mol. The predicted octanol–water partition coefficient (Wildman–Crippen LogP) is 0.207. The number of carbonyl (C=O) groups excluding carboxylic acids is 2. The van der Waals surface area contributed by atoms with E-state index in [0.29, 0.717) is 5.75 Å². The van der Waals surface area contributed by atoms with Crippen LogP contribution >= 0.6 is 0 Å². The molecule has 8 heteroatoms. The lowest BCUT2D eigenvalue weighted by atomic mass is 10.2. The zero-order chi connectivity index (χ0) is 15.9. The zero-order valence-corrected chi connectivity index (χ0v) is 11.9. The van der Waals surface area contributed by atoms with Gasteiger partial charge in [0.2, 0.25) is 0 Å². The summed E-state index contributed by atoms with van der Waals surface area (Å²) in [6.07, 6.45) is 2.69. The lowest BCUT2D eigenvalue weighted by Gasteiger charge is -2.09. The molecule has 0 saturated heterocycles. The van der Waals surface area contributed by atoms with Crippen LogP contribution in [-0.4, -0.2) is 28.4 Å². The van der Waals surface area contributed by atoms with Crippen molar-refractivity contribution in [3.63, 3.8) is 0 Å². The maximum Gasteiger partial charge on any atom is 0.292 e. The van der Waals surface area contributed by atoms with Gasteiger partial charge in [-0.05, 0) is 24.6 Å². The van der Waals surface area contributed by atoms with Gasteiger partial charge in [0.1, 0.15) is 5.75 Å². The quantitative estimate of drug-likeness (QED) is 0.694. The molecule has 2 amide bonds. The normalized spacial score (nSPS) is 9.86. The number of ether oxygens (including phenoxy) is 1. The van der Waals surface area contributed by atoms with Crippen molar-refractivity contribution in [3.05, 3.63) is 47.9 Å². The number of nitrogen functional groups attached to an aromatic ring is 1. The third-order valence-corrected chi connectivity index (χ3v) is 2.62. The molecule has 0 atom stereocenters. The van der Waals surface area contributed by atoms with E-state index in [4.69, 9.17) is 10.5 Å². The van der Waals surface area contributed by atoms with Crippen LogP contribution in [0.25, 0.3) is 0 Å². The van der Waals surface area contributed by atoms with E-state index in [1.54, 1.807) is 12.1 Å². The van der Waals surface area contributed by atoms with Gasteiger partial charge in [0, 0.05) is 12.4 Å². The van der Waals surface area contributed by atoms with E-state index in [-0.39, 0.29) is 18.1 Å². The summed E-state index contributed by atoms with van der Waals surface area (Å²) in [5.41, 5.74) is 10.8. The number of hydrogen-bond donors (Lipinski definition) is 3. The molecule has 0 spiro atoms. The number of carbonyl (C=O) groups is 2.